The van der Waals surface area contributed by atoms with Crippen LogP contribution in [0.2, 0.25) is 0 Å². The molecule has 17 heavy (non-hydrogen) atoms. The quantitative estimate of drug-likeness (QED) is 0.755. The summed E-state index contributed by atoms with van der Waals surface area (Å²) in [6.07, 6.45) is 5.55. The van der Waals surface area contributed by atoms with Crippen molar-refractivity contribution in [3.8, 4) is 0 Å². The number of nitrogens with one attached hydrogen (secondary N) is 1. The van der Waals surface area contributed by atoms with Gasteiger partial charge in [0.05, 0.1) is 0 Å². The minimum atomic E-state index is 0.849. The normalized spacial score (nSPS) is 24.6. The lowest BCUT2D eigenvalue weighted by Gasteiger charge is -2.26. The first-order valence-corrected chi connectivity index (χ1v) is 7.92. The van der Waals surface area contributed by atoms with Gasteiger partial charge in [-0.15, -0.1) is 0 Å². The molecular weight excluding hydrogens is 342 g/mol. The molecule has 1 aromatic rings. The van der Waals surface area contributed by atoms with Crippen LogP contribution in [0, 0.1) is 11.8 Å². The molecule has 0 spiro atoms. The molecule has 2 rings (SSSR count). The lowest BCUT2D eigenvalue weighted by atomic mass is 9.83. The molecule has 0 amide bonds. The summed E-state index contributed by atoms with van der Waals surface area (Å²) in [5.74, 6) is 1.78. The smallest absolute Gasteiger partial charge is 0.0485 e. The van der Waals surface area contributed by atoms with E-state index in [1.165, 1.54) is 31.4 Å². The average molecular weight is 361 g/mol. The Morgan fingerprint density at radius 2 is 1.88 bits per heavy atom. The topological polar surface area (TPSA) is 12.0 Å². The monoisotopic (exact) mass is 359 g/mol. The van der Waals surface area contributed by atoms with Gasteiger partial charge in [0.2, 0.25) is 0 Å². The summed E-state index contributed by atoms with van der Waals surface area (Å²) < 4.78 is 2.25. The fourth-order valence-electron chi connectivity index (χ4n) is 2.42. The van der Waals surface area contributed by atoms with Crippen molar-refractivity contribution in [3.05, 3.63) is 27.1 Å². The van der Waals surface area contributed by atoms with Gasteiger partial charge in [-0.3, -0.25) is 0 Å². The van der Waals surface area contributed by atoms with E-state index >= 15 is 0 Å². The lowest BCUT2D eigenvalue weighted by Crippen LogP contribution is -2.20. The zero-order chi connectivity index (χ0) is 12.3. The van der Waals surface area contributed by atoms with Crippen molar-refractivity contribution in [2.45, 2.75) is 32.6 Å². The van der Waals surface area contributed by atoms with Gasteiger partial charge in [-0.2, -0.15) is 0 Å². The Labute approximate surface area is 121 Å². The third-order valence-corrected chi connectivity index (χ3v) is 4.80. The Morgan fingerprint density at radius 3 is 2.53 bits per heavy atom. The van der Waals surface area contributed by atoms with Gasteiger partial charge in [-0.1, -0.05) is 35.7 Å². The summed E-state index contributed by atoms with van der Waals surface area (Å²) in [4.78, 5) is 0. The first kappa shape index (κ1) is 13.4. The Hall–Kier alpha value is -0.0200. The van der Waals surface area contributed by atoms with Crippen LogP contribution in [0.3, 0.4) is 0 Å². The third-order valence-electron chi connectivity index (χ3n) is 3.65. The van der Waals surface area contributed by atoms with Gasteiger partial charge in [0.1, 0.15) is 0 Å². The van der Waals surface area contributed by atoms with Crippen LogP contribution >= 0.6 is 31.9 Å². The molecule has 94 valence electrons. The molecule has 0 aliphatic heterocycles. The number of halogens is 2. The molecule has 1 fully saturated rings. The standard InChI is InChI=1S/C14H19Br2N/c1-10-2-4-11(5-3-10)9-17-14-7-6-12(15)8-13(14)16/h6-8,10-11,17H,2-5,9H2,1H3. The number of hydrogen-bond donors (Lipinski definition) is 1. The van der Waals surface area contributed by atoms with Gasteiger partial charge < -0.3 is 5.32 Å². The molecule has 0 radical (unpaired) electrons. The molecule has 0 aromatic heterocycles. The first-order valence-electron chi connectivity index (χ1n) is 6.34. The van der Waals surface area contributed by atoms with Crippen LogP contribution in [0.15, 0.2) is 27.1 Å². The molecule has 0 saturated heterocycles. The summed E-state index contributed by atoms with van der Waals surface area (Å²) in [5, 5.41) is 3.56. The fourth-order valence-corrected chi connectivity index (χ4v) is 3.61. The van der Waals surface area contributed by atoms with E-state index in [1.807, 2.05) is 0 Å². The van der Waals surface area contributed by atoms with E-state index < -0.39 is 0 Å². The molecule has 1 aliphatic rings. The molecule has 1 N–H and O–H groups in total. The summed E-state index contributed by atoms with van der Waals surface area (Å²) >= 11 is 7.06. The van der Waals surface area contributed by atoms with Crippen LogP contribution in [-0.2, 0) is 0 Å². The number of rotatable bonds is 3. The molecule has 1 aromatic carbocycles. The molecule has 1 nitrogen and oxygen atoms in total. The summed E-state index contributed by atoms with van der Waals surface area (Å²) in [6, 6.07) is 6.29. The van der Waals surface area contributed by atoms with E-state index in [-0.39, 0.29) is 0 Å². The third kappa shape index (κ3) is 3.99. The fraction of sp³-hybridized carbons (Fsp3) is 0.571. The van der Waals surface area contributed by atoms with Gasteiger partial charge in [0, 0.05) is 21.2 Å². The SMILES string of the molecule is CC1CCC(CNc2ccc(Br)cc2Br)CC1. The Balaban J connectivity index is 1.85. The molecule has 1 saturated carbocycles. The van der Waals surface area contributed by atoms with Crippen LogP contribution in [-0.4, -0.2) is 6.54 Å². The van der Waals surface area contributed by atoms with Crippen molar-refractivity contribution in [2.24, 2.45) is 11.8 Å². The van der Waals surface area contributed by atoms with Gasteiger partial charge in [-0.25, -0.2) is 0 Å². The lowest BCUT2D eigenvalue weighted by molar-refractivity contribution is 0.300. The van der Waals surface area contributed by atoms with Crippen LogP contribution in [0.25, 0.3) is 0 Å². The van der Waals surface area contributed by atoms with Crippen molar-refractivity contribution in [1.29, 1.82) is 0 Å². The zero-order valence-electron chi connectivity index (χ0n) is 10.2. The second kappa shape index (κ2) is 6.24. The van der Waals surface area contributed by atoms with Crippen molar-refractivity contribution in [3.63, 3.8) is 0 Å². The highest BCUT2D eigenvalue weighted by molar-refractivity contribution is 9.11. The van der Waals surface area contributed by atoms with E-state index in [1.54, 1.807) is 0 Å². The maximum atomic E-state index is 3.59. The number of anilines is 1. The van der Waals surface area contributed by atoms with Gasteiger partial charge >= 0.3 is 0 Å². The van der Waals surface area contributed by atoms with Crippen LogP contribution < -0.4 is 5.32 Å². The highest BCUT2D eigenvalue weighted by Crippen LogP contribution is 2.30. The summed E-state index contributed by atoms with van der Waals surface area (Å²) in [6.45, 7) is 3.47. The predicted octanol–water partition coefficient (Wildman–Crippen LogP) is 5.45. The molecule has 1 aliphatic carbocycles. The minimum absolute atomic E-state index is 0.849. The second-order valence-electron chi connectivity index (χ2n) is 5.13. The highest BCUT2D eigenvalue weighted by Gasteiger charge is 2.17. The van der Waals surface area contributed by atoms with E-state index in [0.717, 1.165) is 27.3 Å². The Kier molecular flexibility index (Phi) is 4.92. The van der Waals surface area contributed by atoms with Crippen molar-refractivity contribution < 1.29 is 0 Å². The highest BCUT2D eigenvalue weighted by atomic mass is 79.9. The first-order chi connectivity index (χ1) is 8.15. The van der Waals surface area contributed by atoms with Gasteiger partial charge in [-0.05, 0) is 58.8 Å². The van der Waals surface area contributed by atoms with Crippen LogP contribution in [0.5, 0.6) is 0 Å². The van der Waals surface area contributed by atoms with E-state index in [4.69, 9.17) is 0 Å². The average Bonchev–Trinajstić information content (AvgIpc) is 2.30. The van der Waals surface area contributed by atoms with E-state index in [9.17, 15) is 0 Å². The number of hydrogen-bond acceptors (Lipinski definition) is 1. The number of benzene rings is 1. The predicted molar refractivity (Wildman–Crippen MR) is 81.5 cm³/mol. The minimum Gasteiger partial charge on any atom is -0.384 e. The Morgan fingerprint density at radius 1 is 1.18 bits per heavy atom. The van der Waals surface area contributed by atoms with Crippen molar-refractivity contribution >= 4 is 37.5 Å². The van der Waals surface area contributed by atoms with E-state index in [2.05, 4.69) is 62.3 Å². The summed E-state index contributed by atoms with van der Waals surface area (Å²) in [7, 11) is 0. The molecule has 0 atom stereocenters. The van der Waals surface area contributed by atoms with E-state index in [0.29, 0.717) is 0 Å². The molecule has 0 heterocycles. The Bertz CT molecular complexity index is 370. The zero-order valence-corrected chi connectivity index (χ0v) is 13.4. The van der Waals surface area contributed by atoms with Crippen LogP contribution in [0.4, 0.5) is 5.69 Å². The van der Waals surface area contributed by atoms with Gasteiger partial charge in [0.15, 0.2) is 0 Å². The van der Waals surface area contributed by atoms with Crippen molar-refractivity contribution in [2.75, 3.05) is 11.9 Å². The molecular formula is C14H19Br2N. The maximum absolute atomic E-state index is 3.59. The molecule has 0 bridgehead atoms. The molecule has 3 heteroatoms. The van der Waals surface area contributed by atoms with Crippen molar-refractivity contribution in [1.82, 2.24) is 0 Å². The second-order valence-corrected chi connectivity index (χ2v) is 6.90. The van der Waals surface area contributed by atoms with Crippen LogP contribution in [0.1, 0.15) is 32.6 Å². The summed E-state index contributed by atoms with van der Waals surface area (Å²) in [5.41, 5.74) is 1.20. The molecule has 0 unspecified atom stereocenters. The van der Waals surface area contributed by atoms with Gasteiger partial charge in [0.25, 0.3) is 0 Å². The maximum Gasteiger partial charge on any atom is 0.0485 e. The largest absolute Gasteiger partial charge is 0.384 e.